The molecule has 0 unspecified atom stereocenters. The van der Waals surface area contributed by atoms with E-state index in [1.807, 2.05) is 36.1 Å². The van der Waals surface area contributed by atoms with Crippen molar-refractivity contribution in [1.29, 1.82) is 0 Å². The molecular formula is C20H29NO4. The lowest BCUT2D eigenvalue weighted by Crippen LogP contribution is -2.50. The van der Waals surface area contributed by atoms with Crippen LogP contribution in [0.5, 0.6) is 11.5 Å². The molecule has 1 spiro atoms. The van der Waals surface area contributed by atoms with Gasteiger partial charge < -0.3 is 19.1 Å². The molecule has 1 aliphatic carbocycles. The van der Waals surface area contributed by atoms with Crippen molar-refractivity contribution in [1.82, 2.24) is 4.90 Å². The Kier molecular flexibility index (Phi) is 5.84. The van der Waals surface area contributed by atoms with Crippen LogP contribution in [0, 0.1) is 5.41 Å². The first-order valence-electron chi connectivity index (χ1n) is 9.33. The van der Waals surface area contributed by atoms with Gasteiger partial charge in [-0.3, -0.25) is 4.79 Å². The van der Waals surface area contributed by atoms with Crippen molar-refractivity contribution in [2.75, 3.05) is 33.4 Å². The predicted octanol–water partition coefficient (Wildman–Crippen LogP) is 3.27. The van der Waals surface area contributed by atoms with Gasteiger partial charge in [0.15, 0.2) is 6.61 Å². The minimum atomic E-state index is 0.0645. The van der Waals surface area contributed by atoms with Crippen LogP contribution in [-0.4, -0.2) is 50.3 Å². The number of amides is 1. The molecule has 138 valence electrons. The molecule has 1 aliphatic heterocycles. The summed E-state index contributed by atoms with van der Waals surface area (Å²) >= 11 is 0. The van der Waals surface area contributed by atoms with Crippen molar-refractivity contribution in [3.8, 4) is 11.5 Å². The zero-order valence-electron chi connectivity index (χ0n) is 15.3. The second-order valence-corrected chi connectivity index (χ2v) is 7.09. The van der Waals surface area contributed by atoms with E-state index in [0.717, 1.165) is 44.5 Å². The lowest BCUT2D eigenvalue weighted by molar-refractivity contribution is -0.139. The molecule has 0 aromatic heterocycles. The van der Waals surface area contributed by atoms with Gasteiger partial charge in [0, 0.05) is 25.6 Å². The number of nitrogens with zero attached hydrogens (tertiary/aromatic N) is 1. The van der Waals surface area contributed by atoms with Gasteiger partial charge in [-0.15, -0.1) is 0 Å². The smallest absolute Gasteiger partial charge is 0.260 e. The number of rotatable bonds is 6. The number of ether oxygens (including phenoxy) is 3. The van der Waals surface area contributed by atoms with Crippen molar-refractivity contribution in [2.45, 2.75) is 45.1 Å². The molecule has 2 aliphatic rings. The highest BCUT2D eigenvalue weighted by molar-refractivity contribution is 5.78. The maximum atomic E-state index is 12.6. The van der Waals surface area contributed by atoms with Gasteiger partial charge in [-0.05, 0) is 56.9 Å². The Morgan fingerprint density at radius 3 is 2.52 bits per heavy atom. The number of hydrogen-bond acceptors (Lipinski definition) is 4. The Hall–Kier alpha value is -1.75. The van der Waals surface area contributed by atoms with Crippen molar-refractivity contribution >= 4 is 5.91 Å². The van der Waals surface area contributed by atoms with Gasteiger partial charge in [-0.2, -0.15) is 0 Å². The molecular weight excluding hydrogens is 318 g/mol. The van der Waals surface area contributed by atoms with E-state index in [2.05, 4.69) is 0 Å². The molecule has 2 fully saturated rings. The van der Waals surface area contributed by atoms with E-state index in [1.54, 1.807) is 7.11 Å². The summed E-state index contributed by atoms with van der Waals surface area (Å²) in [7, 11) is 1.80. The van der Waals surface area contributed by atoms with Crippen LogP contribution in [0.2, 0.25) is 0 Å². The third-order valence-corrected chi connectivity index (χ3v) is 5.57. The van der Waals surface area contributed by atoms with E-state index in [-0.39, 0.29) is 24.0 Å². The molecule has 1 aromatic rings. The summed E-state index contributed by atoms with van der Waals surface area (Å²) in [6.45, 7) is 4.30. The van der Waals surface area contributed by atoms with Crippen LogP contribution in [-0.2, 0) is 9.53 Å². The van der Waals surface area contributed by atoms with Crippen molar-refractivity contribution in [3.63, 3.8) is 0 Å². The first kappa shape index (κ1) is 18.1. The number of benzene rings is 1. The Balaban J connectivity index is 1.54. The van der Waals surface area contributed by atoms with Gasteiger partial charge in [0.05, 0.1) is 12.7 Å². The highest BCUT2D eigenvalue weighted by atomic mass is 16.5. The second kappa shape index (κ2) is 8.09. The van der Waals surface area contributed by atoms with Crippen LogP contribution >= 0.6 is 0 Å². The van der Waals surface area contributed by atoms with Gasteiger partial charge in [0.25, 0.3) is 5.91 Å². The fourth-order valence-corrected chi connectivity index (χ4v) is 4.35. The van der Waals surface area contributed by atoms with Gasteiger partial charge in [0.2, 0.25) is 0 Å². The van der Waals surface area contributed by atoms with Crippen molar-refractivity contribution in [3.05, 3.63) is 24.3 Å². The lowest BCUT2D eigenvalue weighted by Gasteiger charge is -2.43. The number of piperidine rings is 1. The first-order valence-corrected chi connectivity index (χ1v) is 9.33. The van der Waals surface area contributed by atoms with Crippen LogP contribution in [0.15, 0.2) is 24.3 Å². The van der Waals surface area contributed by atoms with Crippen LogP contribution in [0.1, 0.15) is 39.0 Å². The maximum Gasteiger partial charge on any atom is 0.260 e. The molecule has 5 nitrogen and oxygen atoms in total. The fraction of sp³-hybridized carbons (Fsp3) is 0.650. The summed E-state index contributed by atoms with van der Waals surface area (Å²) in [4.78, 5) is 14.6. The van der Waals surface area contributed by atoms with Crippen LogP contribution in [0.4, 0.5) is 0 Å². The largest absolute Gasteiger partial charge is 0.494 e. The molecule has 0 radical (unpaired) electrons. The number of methoxy groups -OCH3 is 1. The summed E-state index contributed by atoms with van der Waals surface area (Å²) in [6, 6.07) is 7.41. The number of carbonyl (C=O) groups excluding carboxylic acids is 1. The minimum Gasteiger partial charge on any atom is -0.494 e. The second-order valence-electron chi connectivity index (χ2n) is 7.09. The van der Waals surface area contributed by atoms with Gasteiger partial charge in [-0.1, -0.05) is 6.42 Å². The van der Waals surface area contributed by atoms with E-state index in [4.69, 9.17) is 14.2 Å². The van der Waals surface area contributed by atoms with E-state index in [1.165, 1.54) is 6.42 Å². The van der Waals surface area contributed by atoms with E-state index < -0.39 is 0 Å². The topological polar surface area (TPSA) is 48.0 Å². The highest BCUT2D eigenvalue weighted by Crippen LogP contribution is 2.46. The first-order chi connectivity index (χ1) is 12.2. The molecule has 1 saturated heterocycles. The van der Waals surface area contributed by atoms with Crippen molar-refractivity contribution < 1.29 is 19.0 Å². The molecule has 1 amide bonds. The van der Waals surface area contributed by atoms with E-state index in [0.29, 0.717) is 12.4 Å². The summed E-state index contributed by atoms with van der Waals surface area (Å²) in [6.07, 6.45) is 5.97. The van der Waals surface area contributed by atoms with Crippen LogP contribution in [0.25, 0.3) is 0 Å². The Morgan fingerprint density at radius 2 is 1.84 bits per heavy atom. The van der Waals surface area contributed by atoms with Crippen LogP contribution in [0.3, 0.4) is 0 Å². The fourth-order valence-electron chi connectivity index (χ4n) is 4.35. The van der Waals surface area contributed by atoms with Crippen molar-refractivity contribution in [2.24, 2.45) is 5.41 Å². The third-order valence-electron chi connectivity index (χ3n) is 5.57. The average molecular weight is 347 g/mol. The zero-order chi connectivity index (χ0) is 17.7. The lowest BCUT2D eigenvalue weighted by atomic mass is 9.76. The summed E-state index contributed by atoms with van der Waals surface area (Å²) in [5.41, 5.74) is 0.155. The Bertz CT molecular complexity index is 574. The highest BCUT2D eigenvalue weighted by Gasteiger charge is 2.46. The molecule has 0 N–H and O–H groups in total. The Labute approximate surface area is 150 Å². The summed E-state index contributed by atoms with van der Waals surface area (Å²) in [5, 5.41) is 0. The third kappa shape index (κ3) is 4.09. The molecule has 25 heavy (non-hydrogen) atoms. The van der Waals surface area contributed by atoms with E-state index in [9.17, 15) is 4.79 Å². The molecule has 1 saturated carbocycles. The molecule has 2 atom stereocenters. The molecule has 0 bridgehead atoms. The number of carbonyl (C=O) groups is 1. The minimum absolute atomic E-state index is 0.0645. The van der Waals surface area contributed by atoms with E-state index >= 15 is 0 Å². The molecule has 1 heterocycles. The monoisotopic (exact) mass is 347 g/mol. The summed E-state index contributed by atoms with van der Waals surface area (Å²) in [5.74, 6) is 1.57. The zero-order valence-corrected chi connectivity index (χ0v) is 15.3. The normalized spacial score (nSPS) is 26.0. The predicted molar refractivity (Wildman–Crippen MR) is 96.0 cm³/mol. The van der Waals surface area contributed by atoms with Crippen LogP contribution < -0.4 is 9.47 Å². The maximum absolute atomic E-state index is 12.6. The summed E-state index contributed by atoms with van der Waals surface area (Å²) < 4.78 is 16.8. The number of likely N-dealkylation sites (tertiary alicyclic amines) is 1. The number of hydrogen-bond donors (Lipinski definition) is 0. The molecule has 1 aromatic carbocycles. The molecule has 3 rings (SSSR count). The Morgan fingerprint density at radius 1 is 1.16 bits per heavy atom. The van der Waals surface area contributed by atoms with Gasteiger partial charge in [0.1, 0.15) is 11.5 Å². The SMILES string of the molecule is CCOc1ccc(OCC(=O)N2CCC[C@]3(CCC[C@H]3OC)C2)cc1. The quantitative estimate of drug-likeness (QED) is 0.792. The standard InChI is InChI=1S/C20H29NO4/c1-3-24-16-7-9-17(10-8-16)25-14-19(22)21-13-5-12-20(15-21)11-4-6-18(20)23-2/h7-10,18H,3-6,11-15H2,1-2H3/t18-,20-/m1/s1. The average Bonchev–Trinajstić information content (AvgIpc) is 3.02. The van der Waals surface area contributed by atoms with Gasteiger partial charge >= 0.3 is 0 Å². The molecule has 5 heteroatoms. The van der Waals surface area contributed by atoms with Gasteiger partial charge in [-0.25, -0.2) is 0 Å².